The molecule has 0 saturated carbocycles. The van der Waals surface area contributed by atoms with Gasteiger partial charge in [0.25, 0.3) is 0 Å². The second-order valence-electron chi connectivity index (χ2n) is 13.5. The third kappa shape index (κ3) is 35.3. The number of rotatable bonds is 34. The van der Waals surface area contributed by atoms with E-state index in [1.165, 1.54) is 148 Å². The van der Waals surface area contributed by atoms with Crippen molar-refractivity contribution < 1.29 is 24.2 Å². The van der Waals surface area contributed by atoms with Crippen molar-refractivity contribution in [3.63, 3.8) is 0 Å². The number of carbonyl (C=O) groups is 2. The summed E-state index contributed by atoms with van der Waals surface area (Å²) in [5, 5.41) is 9.97. The van der Waals surface area contributed by atoms with E-state index in [-0.39, 0.29) is 25.2 Å². The molecule has 5 nitrogen and oxygen atoms in total. The van der Waals surface area contributed by atoms with Crippen molar-refractivity contribution in [3.8, 4) is 0 Å². The zero-order chi connectivity index (χ0) is 31.6. The Morgan fingerprint density at radius 3 is 1.05 bits per heavy atom. The number of carbonyl (C=O) groups excluding carboxylic acids is 2. The fraction of sp³-hybridized carbons (Fsp3) is 0.947. The zero-order valence-corrected chi connectivity index (χ0v) is 29.2. The number of unbranched alkanes of at least 4 members (excludes halogenated alkanes) is 24. The van der Waals surface area contributed by atoms with Gasteiger partial charge in [0.05, 0.1) is 0 Å². The van der Waals surface area contributed by atoms with Crippen LogP contribution < -0.4 is 0 Å². The molecule has 0 rings (SSSR count). The molecule has 0 saturated heterocycles. The maximum absolute atomic E-state index is 11.9. The Morgan fingerprint density at radius 2 is 0.744 bits per heavy atom. The lowest BCUT2D eigenvalue weighted by molar-refractivity contribution is -0.152. The van der Waals surface area contributed by atoms with Crippen LogP contribution in [0.3, 0.4) is 0 Å². The molecule has 5 heteroatoms. The van der Waals surface area contributed by atoms with Crippen molar-refractivity contribution in [1.29, 1.82) is 0 Å². The van der Waals surface area contributed by atoms with E-state index in [0.29, 0.717) is 12.8 Å². The van der Waals surface area contributed by atoms with Crippen molar-refractivity contribution in [2.75, 3.05) is 13.2 Å². The SMILES string of the molecule is CCCCCCCCCCCCC(=O)OC[C@@H](O)COC(=O)CCCCCCCCCCCCCCCCCCC(C)C. The quantitative estimate of drug-likeness (QED) is 0.0579. The molecule has 256 valence electrons. The number of hydrogen-bond acceptors (Lipinski definition) is 5. The summed E-state index contributed by atoms with van der Waals surface area (Å²) in [6.07, 6.45) is 34.4. The first kappa shape index (κ1) is 41.9. The predicted molar refractivity (Wildman–Crippen MR) is 182 cm³/mol. The Bertz CT molecular complexity index is 591. The number of hydrogen-bond donors (Lipinski definition) is 1. The first-order chi connectivity index (χ1) is 21.0. The van der Waals surface area contributed by atoms with Crippen LogP contribution in [0.1, 0.15) is 207 Å². The van der Waals surface area contributed by atoms with Crippen LogP contribution in [-0.4, -0.2) is 36.4 Å². The second-order valence-corrected chi connectivity index (χ2v) is 13.5. The summed E-state index contributed by atoms with van der Waals surface area (Å²) in [4.78, 5) is 23.8. The summed E-state index contributed by atoms with van der Waals surface area (Å²) in [6, 6.07) is 0. The average molecular weight is 611 g/mol. The minimum atomic E-state index is -0.954. The number of aliphatic hydroxyl groups excluding tert-OH is 1. The Kier molecular flexibility index (Phi) is 32.9. The Labute approximate surface area is 268 Å². The number of aliphatic hydroxyl groups is 1. The largest absolute Gasteiger partial charge is 0.463 e. The second kappa shape index (κ2) is 33.8. The minimum Gasteiger partial charge on any atom is -0.463 e. The monoisotopic (exact) mass is 611 g/mol. The summed E-state index contributed by atoms with van der Waals surface area (Å²) >= 11 is 0. The van der Waals surface area contributed by atoms with Gasteiger partial charge in [-0.05, 0) is 18.8 Å². The van der Waals surface area contributed by atoms with Crippen LogP contribution >= 0.6 is 0 Å². The predicted octanol–water partition coefficient (Wildman–Crippen LogP) is 11.4. The normalized spacial score (nSPS) is 12.1. The molecule has 0 amide bonds. The third-order valence-corrected chi connectivity index (χ3v) is 8.52. The van der Waals surface area contributed by atoms with E-state index in [4.69, 9.17) is 9.47 Å². The van der Waals surface area contributed by atoms with E-state index in [1.807, 2.05) is 0 Å². The highest BCUT2D eigenvalue weighted by Crippen LogP contribution is 2.16. The maximum Gasteiger partial charge on any atom is 0.305 e. The summed E-state index contributed by atoms with van der Waals surface area (Å²) in [6.45, 7) is 6.66. The summed E-state index contributed by atoms with van der Waals surface area (Å²) in [7, 11) is 0. The standard InChI is InChI=1S/C38H74O5/c1-4-5-6-7-8-9-19-22-25-28-31-37(40)42-33-36(39)34-43-38(41)32-29-26-23-20-17-15-13-11-10-12-14-16-18-21-24-27-30-35(2)3/h35-36,39H,4-34H2,1-3H3/t36-/m1/s1. The van der Waals surface area contributed by atoms with Crippen molar-refractivity contribution in [2.45, 2.75) is 213 Å². The van der Waals surface area contributed by atoms with E-state index in [0.717, 1.165) is 31.6 Å². The van der Waals surface area contributed by atoms with Crippen molar-refractivity contribution >= 4 is 11.9 Å². The van der Waals surface area contributed by atoms with Crippen molar-refractivity contribution in [1.82, 2.24) is 0 Å². The summed E-state index contributed by atoms with van der Waals surface area (Å²) in [5.41, 5.74) is 0. The molecule has 1 atom stereocenters. The number of esters is 2. The highest BCUT2D eigenvalue weighted by molar-refractivity contribution is 5.69. The van der Waals surface area contributed by atoms with Crippen LogP contribution in [0.15, 0.2) is 0 Å². The zero-order valence-electron chi connectivity index (χ0n) is 29.2. The number of ether oxygens (including phenoxy) is 2. The van der Waals surface area contributed by atoms with E-state index in [2.05, 4.69) is 20.8 Å². The van der Waals surface area contributed by atoms with Gasteiger partial charge in [-0.3, -0.25) is 9.59 Å². The molecule has 0 aromatic carbocycles. The molecule has 0 aromatic heterocycles. The lowest BCUT2D eigenvalue weighted by Crippen LogP contribution is -2.25. The molecule has 0 spiro atoms. The lowest BCUT2D eigenvalue weighted by atomic mass is 10.0. The van der Waals surface area contributed by atoms with Gasteiger partial charge in [0.15, 0.2) is 0 Å². The molecular weight excluding hydrogens is 536 g/mol. The van der Waals surface area contributed by atoms with Gasteiger partial charge >= 0.3 is 11.9 Å². The van der Waals surface area contributed by atoms with Gasteiger partial charge < -0.3 is 14.6 Å². The highest BCUT2D eigenvalue weighted by atomic mass is 16.6. The van der Waals surface area contributed by atoms with Gasteiger partial charge in [-0.1, -0.05) is 181 Å². The molecule has 1 N–H and O–H groups in total. The van der Waals surface area contributed by atoms with Crippen LogP contribution in [0.5, 0.6) is 0 Å². The molecule has 0 unspecified atom stereocenters. The molecule has 0 fully saturated rings. The topological polar surface area (TPSA) is 72.8 Å². The molecule has 0 aliphatic carbocycles. The first-order valence-corrected chi connectivity index (χ1v) is 18.9. The van der Waals surface area contributed by atoms with Crippen LogP contribution in [0.25, 0.3) is 0 Å². The van der Waals surface area contributed by atoms with Crippen LogP contribution in [0, 0.1) is 5.92 Å². The fourth-order valence-electron chi connectivity index (χ4n) is 5.62. The van der Waals surface area contributed by atoms with Gasteiger partial charge in [0.1, 0.15) is 19.3 Å². The maximum atomic E-state index is 11.9. The highest BCUT2D eigenvalue weighted by Gasteiger charge is 2.12. The van der Waals surface area contributed by atoms with Crippen LogP contribution in [0.2, 0.25) is 0 Å². The average Bonchev–Trinajstić information content (AvgIpc) is 2.99. The molecule has 0 aliphatic rings. The van der Waals surface area contributed by atoms with Gasteiger partial charge in [0, 0.05) is 12.8 Å². The van der Waals surface area contributed by atoms with E-state index in [9.17, 15) is 14.7 Å². The van der Waals surface area contributed by atoms with Gasteiger partial charge in [-0.15, -0.1) is 0 Å². The van der Waals surface area contributed by atoms with Crippen molar-refractivity contribution in [2.24, 2.45) is 5.92 Å². The third-order valence-electron chi connectivity index (χ3n) is 8.52. The fourth-order valence-corrected chi connectivity index (χ4v) is 5.62. The van der Waals surface area contributed by atoms with Crippen LogP contribution in [-0.2, 0) is 19.1 Å². The first-order valence-electron chi connectivity index (χ1n) is 18.9. The van der Waals surface area contributed by atoms with Gasteiger partial charge in [-0.2, -0.15) is 0 Å². The van der Waals surface area contributed by atoms with E-state index in [1.54, 1.807) is 0 Å². The molecular formula is C38H74O5. The van der Waals surface area contributed by atoms with E-state index >= 15 is 0 Å². The summed E-state index contributed by atoms with van der Waals surface area (Å²) < 4.78 is 10.3. The lowest BCUT2D eigenvalue weighted by Gasteiger charge is -2.12. The minimum absolute atomic E-state index is 0.108. The molecule has 0 aliphatic heterocycles. The Balaban J connectivity index is 3.36. The van der Waals surface area contributed by atoms with Gasteiger partial charge in [0.2, 0.25) is 0 Å². The molecule has 0 heterocycles. The molecule has 43 heavy (non-hydrogen) atoms. The van der Waals surface area contributed by atoms with E-state index < -0.39 is 6.10 Å². The molecule has 0 aromatic rings. The molecule has 0 bridgehead atoms. The van der Waals surface area contributed by atoms with Crippen molar-refractivity contribution in [3.05, 3.63) is 0 Å². The van der Waals surface area contributed by atoms with Crippen LogP contribution in [0.4, 0.5) is 0 Å². The summed E-state index contributed by atoms with van der Waals surface area (Å²) in [5.74, 6) is 0.304. The Hall–Kier alpha value is -1.10. The molecule has 0 radical (unpaired) electrons. The smallest absolute Gasteiger partial charge is 0.305 e. The van der Waals surface area contributed by atoms with Gasteiger partial charge in [-0.25, -0.2) is 0 Å². The Morgan fingerprint density at radius 1 is 0.465 bits per heavy atom.